The lowest BCUT2D eigenvalue weighted by Crippen LogP contribution is -2.08. The van der Waals surface area contributed by atoms with Gasteiger partial charge in [-0.25, -0.2) is 4.79 Å². The molecular formula is C10H10N2O3. The minimum Gasteiger partial charge on any atom is -0.495 e. The number of hydrogen-bond donors (Lipinski definition) is 2. The number of carboxylic acid groups (broad SMARTS) is 1. The number of carbonyl (C=O) groups is 1. The number of carboxylic acids is 1. The molecule has 1 aromatic rings. The summed E-state index contributed by atoms with van der Waals surface area (Å²) in [5.41, 5.74) is 6.21. The van der Waals surface area contributed by atoms with Gasteiger partial charge in [0.25, 0.3) is 0 Å². The minimum absolute atomic E-state index is 0.0111. The average Bonchev–Trinajstić information content (AvgIpc) is 2.26. The molecule has 0 atom stereocenters. The van der Waals surface area contributed by atoms with Crippen LogP contribution in [0, 0.1) is 11.3 Å². The fourth-order valence-corrected chi connectivity index (χ4v) is 1.34. The summed E-state index contributed by atoms with van der Waals surface area (Å²) in [5.74, 6) is -0.949. The summed E-state index contributed by atoms with van der Waals surface area (Å²) in [7, 11) is 1.35. The number of ether oxygens (including phenoxy) is 1. The third-order valence-corrected chi connectivity index (χ3v) is 2.02. The van der Waals surface area contributed by atoms with E-state index in [0.717, 1.165) is 0 Å². The number of nitrogens with zero attached hydrogens (tertiary/aromatic N) is 1. The van der Waals surface area contributed by atoms with Crippen LogP contribution in [0.1, 0.15) is 21.5 Å². The third-order valence-electron chi connectivity index (χ3n) is 2.02. The Labute approximate surface area is 86.7 Å². The van der Waals surface area contributed by atoms with Crippen LogP contribution in [0.15, 0.2) is 12.1 Å². The summed E-state index contributed by atoms with van der Waals surface area (Å²) in [6, 6.07) is 4.69. The summed E-state index contributed by atoms with van der Waals surface area (Å²) in [6.45, 7) is 0.0627. The SMILES string of the molecule is COc1c(C(=O)O)ccc(C#N)c1CN. The average molecular weight is 206 g/mol. The zero-order chi connectivity index (χ0) is 11.4. The number of methoxy groups -OCH3 is 1. The summed E-state index contributed by atoms with van der Waals surface area (Å²) < 4.78 is 4.96. The van der Waals surface area contributed by atoms with Crippen LogP contribution in [-0.2, 0) is 6.54 Å². The predicted octanol–water partition coefficient (Wildman–Crippen LogP) is 0.724. The van der Waals surface area contributed by atoms with Crippen molar-refractivity contribution in [3.05, 3.63) is 28.8 Å². The molecule has 78 valence electrons. The highest BCUT2D eigenvalue weighted by Gasteiger charge is 2.17. The fourth-order valence-electron chi connectivity index (χ4n) is 1.34. The monoisotopic (exact) mass is 206 g/mol. The van der Waals surface area contributed by atoms with Gasteiger partial charge < -0.3 is 15.6 Å². The normalized spacial score (nSPS) is 9.40. The van der Waals surface area contributed by atoms with Crippen molar-refractivity contribution in [1.82, 2.24) is 0 Å². The van der Waals surface area contributed by atoms with Crippen molar-refractivity contribution < 1.29 is 14.6 Å². The first kappa shape index (κ1) is 11.0. The molecule has 0 amide bonds. The maximum atomic E-state index is 10.8. The van der Waals surface area contributed by atoms with E-state index in [9.17, 15) is 4.79 Å². The highest BCUT2D eigenvalue weighted by molar-refractivity contribution is 5.91. The molecule has 0 radical (unpaired) electrons. The lowest BCUT2D eigenvalue weighted by Gasteiger charge is -2.10. The molecule has 3 N–H and O–H groups in total. The van der Waals surface area contributed by atoms with Crippen LogP contribution in [0.25, 0.3) is 0 Å². The number of nitrogens with two attached hydrogens (primary N) is 1. The minimum atomic E-state index is -1.11. The van der Waals surface area contributed by atoms with Crippen LogP contribution in [0.2, 0.25) is 0 Å². The Hall–Kier alpha value is -2.06. The second kappa shape index (κ2) is 4.44. The second-order valence-corrected chi connectivity index (χ2v) is 2.79. The van der Waals surface area contributed by atoms with Gasteiger partial charge in [0, 0.05) is 12.1 Å². The van der Waals surface area contributed by atoms with E-state index in [-0.39, 0.29) is 17.9 Å². The van der Waals surface area contributed by atoms with E-state index >= 15 is 0 Å². The van der Waals surface area contributed by atoms with Crippen LogP contribution in [-0.4, -0.2) is 18.2 Å². The molecule has 0 saturated carbocycles. The van der Waals surface area contributed by atoms with Crippen molar-refractivity contribution in [2.75, 3.05) is 7.11 Å². The van der Waals surface area contributed by atoms with E-state index in [4.69, 9.17) is 20.8 Å². The Kier molecular flexibility index (Phi) is 3.26. The third kappa shape index (κ3) is 1.90. The molecular weight excluding hydrogens is 196 g/mol. The van der Waals surface area contributed by atoms with Gasteiger partial charge in [-0.1, -0.05) is 0 Å². The molecule has 0 unspecified atom stereocenters. The van der Waals surface area contributed by atoms with Gasteiger partial charge in [-0.15, -0.1) is 0 Å². The van der Waals surface area contributed by atoms with E-state index in [1.807, 2.05) is 6.07 Å². The van der Waals surface area contributed by atoms with E-state index in [1.165, 1.54) is 19.2 Å². The van der Waals surface area contributed by atoms with E-state index in [0.29, 0.717) is 11.1 Å². The maximum Gasteiger partial charge on any atom is 0.339 e. The zero-order valence-electron chi connectivity index (χ0n) is 8.15. The van der Waals surface area contributed by atoms with Gasteiger partial charge in [-0.3, -0.25) is 0 Å². The number of benzene rings is 1. The Morgan fingerprint density at radius 1 is 1.67 bits per heavy atom. The second-order valence-electron chi connectivity index (χ2n) is 2.79. The molecule has 1 aromatic carbocycles. The maximum absolute atomic E-state index is 10.8. The molecule has 0 saturated heterocycles. The summed E-state index contributed by atoms with van der Waals surface area (Å²) >= 11 is 0. The smallest absolute Gasteiger partial charge is 0.339 e. The molecule has 15 heavy (non-hydrogen) atoms. The van der Waals surface area contributed by atoms with Crippen molar-refractivity contribution in [2.45, 2.75) is 6.54 Å². The van der Waals surface area contributed by atoms with Crippen molar-refractivity contribution in [3.63, 3.8) is 0 Å². The van der Waals surface area contributed by atoms with Crippen LogP contribution in [0.3, 0.4) is 0 Å². The van der Waals surface area contributed by atoms with Gasteiger partial charge in [0.2, 0.25) is 0 Å². The number of nitriles is 1. The van der Waals surface area contributed by atoms with Gasteiger partial charge in [0.1, 0.15) is 11.3 Å². The van der Waals surface area contributed by atoms with Crippen LogP contribution < -0.4 is 10.5 Å². The largest absolute Gasteiger partial charge is 0.495 e. The quantitative estimate of drug-likeness (QED) is 0.759. The number of rotatable bonds is 3. The van der Waals surface area contributed by atoms with E-state index in [2.05, 4.69) is 0 Å². The summed E-state index contributed by atoms with van der Waals surface area (Å²) in [5, 5.41) is 17.7. The zero-order valence-corrected chi connectivity index (χ0v) is 8.15. The first-order chi connectivity index (χ1) is 7.15. The standard InChI is InChI=1S/C10H10N2O3/c1-15-9-7(10(13)14)3-2-6(4-11)8(9)5-12/h2-3H,5,12H2,1H3,(H,13,14). The number of aromatic carboxylic acids is 1. The summed E-state index contributed by atoms with van der Waals surface area (Å²) in [4.78, 5) is 10.8. The van der Waals surface area contributed by atoms with Crippen molar-refractivity contribution >= 4 is 5.97 Å². The Balaban J connectivity index is 3.49. The molecule has 0 aliphatic rings. The molecule has 0 heterocycles. The first-order valence-electron chi connectivity index (χ1n) is 4.19. The van der Waals surface area contributed by atoms with Crippen molar-refractivity contribution in [2.24, 2.45) is 5.73 Å². The van der Waals surface area contributed by atoms with Gasteiger partial charge in [-0.05, 0) is 12.1 Å². The highest BCUT2D eigenvalue weighted by atomic mass is 16.5. The number of hydrogen-bond acceptors (Lipinski definition) is 4. The van der Waals surface area contributed by atoms with E-state index in [1.54, 1.807) is 0 Å². The fraction of sp³-hybridized carbons (Fsp3) is 0.200. The summed E-state index contributed by atoms with van der Waals surface area (Å²) in [6.07, 6.45) is 0. The van der Waals surface area contributed by atoms with Crippen molar-refractivity contribution in [1.29, 1.82) is 5.26 Å². The lowest BCUT2D eigenvalue weighted by molar-refractivity contribution is 0.0693. The molecule has 0 aliphatic carbocycles. The Bertz CT molecular complexity index is 435. The molecule has 0 aliphatic heterocycles. The van der Waals surface area contributed by atoms with Gasteiger partial charge in [-0.2, -0.15) is 5.26 Å². The predicted molar refractivity (Wildman–Crippen MR) is 52.6 cm³/mol. The molecule has 5 heteroatoms. The lowest BCUT2D eigenvalue weighted by atomic mass is 10.0. The van der Waals surface area contributed by atoms with E-state index < -0.39 is 5.97 Å². The Morgan fingerprint density at radius 2 is 2.33 bits per heavy atom. The first-order valence-corrected chi connectivity index (χ1v) is 4.19. The van der Waals surface area contributed by atoms with Crippen LogP contribution in [0.4, 0.5) is 0 Å². The van der Waals surface area contributed by atoms with Crippen molar-refractivity contribution in [3.8, 4) is 11.8 Å². The molecule has 5 nitrogen and oxygen atoms in total. The molecule has 0 aromatic heterocycles. The topological polar surface area (TPSA) is 96.3 Å². The molecule has 0 fully saturated rings. The van der Waals surface area contributed by atoms with Crippen LogP contribution >= 0.6 is 0 Å². The van der Waals surface area contributed by atoms with Gasteiger partial charge in [0.05, 0.1) is 18.7 Å². The molecule has 1 rings (SSSR count). The Morgan fingerprint density at radius 3 is 2.73 bits per heavy atom. The van der Waals surface area contributed by atoms with Gasteiger partial charge in [0.15, 0.2) is 0 Å². The molecule has 0 spiro atoms. The highest BCUT2D eigenvalue weighted by Crippen LogP contribution is 2.26. The van der Waals surface area contributed by atoms with Crippen LogP contribution in [0.5, 0.6) is 5.75 Å². The molecule has 0 bridgehead atoms. The van der Waals surface area contributed by atoms with Gasteiger partial charge >= 0.3 is 5.97 Å².